The highest BCUT2D eigenvalue weighted by Crippen LogP contribution is 2.33. The third-order valence-corrected chi connectivity index (χ3v) is 4.23. The van der Waals surface area contributed by atoms with Crippen molar-refractivity contribution >= 4 is 23.3 Å². The monoisotopic (exact) mass is 324 g/mol. The highest BCUT2D eigenvalue weighted by Gasteiger charge is 2.33. The van der Waals surface area contributed by atoms with Crippen LogP contribution in [-0.4, -0.2) is 30.6 Å². The van der Waals surface area contributed by atoms with Crippen LogP contribution in [0, 0.1) is 11.6 Å². The molecule has 3 rings (SSSR count). The van der Waals surface area contributed by atoms with Gasteiger partial charge in [0.15, 0.2) is 11.6 Å². The number of rotatable bonds is 3. The SMILES string of the molecule is CC1Nc2cc(F)c(F)cc2N(CC(=O)OC2CCCC2)C1=O. The van der Waals surface area contributed by atoms with Gasteiger partial charge in [-0.1, -0.05) is 0 Å². The van der Waals surface area contributed by atoms with Crippen molar-refractivity contribution in [2.24, 2.45) is 0 Å². The molecule has 1 amide bonds. The highest BCUT2D eigenvalue weighted by atomic mass is 19.2. The van der Waals surface area contributed by atoms with Crippen LogP contribution in [0.2, 0.25) is 0 Å². The molecular weight excluding hydrogens is 306 g/mol. The predicted octanol–water partition coefficient (Wildman–Crippen LogP) is 2.60. The summed E-state index contributed by atoms with van der Waals surface area (Å²) in [6, 6.07) is 1.28. The first-order valence-corrected chi connectivity index (χ1v) is 7.72. The summed E-state index contributed by atoms with van der Waals surface area (Å²) in [5.41, 5.74) is 0.431. The van der Waals surface area contributed by atoms with E-state index in [1.165, 1.54) is 0 Å². The fraction of sp³-hybridized carbons (Fsp3) is 0.500. The smallest absolute Gasteiger partial charge is 0.326 e. The van der Waals surface area contributed by atoms with E-state index in [1.807, 2.05) is 0 Å². The Bertz CT molecular complexity index is 644. The van der Waals surface area contributed by atoms with Gasteiger partial charge in [0, 0.05) is 12.1 Å². The summed E-state index contributed by atoms with van der Waals surface area (Å²) in [6.07, 6.45) is 3.59. The number of anilines is 2. The van der Waals surface area contributed by atoms with Crippen LogP contribution in [0.25, 0.3) is 0 Å². The number of halogens is 2. The zero-order valence-corrected chi connectivity index (χ0v) is 12.8. The molecule has 0 radical (unpaired) electrons. The van der Waals surface area contributed by atoms with Gasteiger partial charge in [0.2, 0.25) is 5.91 Å². The molecule has 1 atom stereocenters. The number of amides is 1. The molecule has 5 nitrogen and oxygen atoms in total. The number of hydrogen-bond acceptors (Lipinski definition) is 4. The van der Waals surface area contributed by atoms with E-state index in [0.29, 0.717) is 0 Å². The fourth-order valence-electron chi connectivity index (χ4n) is 3.04. The lowest BCUT2D eigenvalue weighted by atomic mass is 10.1. The van der Waals surface area contributed by atoms with Gasteiger partial charge in [0.05, 0.1) is 11.4 Å². The number of hydrogen-bond donors (Lipinski definition) is 1. The van der Waals surface area contributed by atoms with Crippen LogP contribution in [0.4, 0.5) is 20.2 Å². The van der Waals surface area contributed by atoms with Crippen LogP contribution in [0.15, 0.2) is 12.1 Å². The summed E-state index contributed by atoms with van der Waals surface area (Å²) in [4.78, 5) is 25.5. The van der Waals surface area contributed by atoms with Gasteiger partial charge in [0.25, 0.3) is 0 Å². The summed E-state index contributed by atoms with van der Waals surface area (Å²) in [5, 5.41) is 2.80. The lowest BCUT2D eigenvalue weighted by Gasteiger charge is -2.33. The normalized spacial score (nSPS) is 21.1. The largest absolute Gasteiger partial charge is 0.461 e. The Morgan fingerprint density at radius 1 is 1.30 bits per heavy atom. The Balaban J connectivity index is 1.81. The van der Waals surface area contributed by atoms with Crippen LogP contribution in [0.5, 0.6) is 0 Å². The Labute approximate surface area is 132 Å². The zero-order chi connectivity index (χ0) is 16.6. The molecular formula is C16H18F2N2O3. The van der Waals surface area contributed by atoms with Gasteiger partial charge in [-0.25, -0.2) is 8.78 Å². The molecule has 1 unspecified atom stereocenters. The summed E-state index contributed by atoms with van der Waals surface area (Å²) in [5.74, 6) is -2.99. The van der Waals surface area contributed by atoms with Crippen molar-refractivity contribution in [2.45, 2.75) is 44.8 Å². The lowest BCUT2D eigenvalue weighted by molar-refractivity contribution is -0.147. The van der Waals surface area contributed by atoms with Crippen molar-refractivity contribution < 1.29 is 23.1 Å². The van der Waals surface area contributed by atoms with Crippen molar-refractivity contribution in [3.63, 3.8) is 0 Å². The minimum absolute atomic E-state index is 0.109. The maximum atomic E-state index is 13.5. The van der Waals surface area contributed by atoms with E-state index in [-0.39, 0.29) is 29.9 Å². The van der Waals surface area contributed by atoms with Crippen LogP contribution in [0.3, 0.4) is 0 Å². The summed E-state index contributed by atoms with van der Waals surface area (Å²) < 4.78 is 32.2. The van der Waals surface area contributed by atoms with E-state index >= 15 is 0 Å². The standard InChI is InChI=1S/C16H18F2N2O3/c1-9-16(22)20(8-15(21)23-10-4-2-3-5-10)14-7-12(18)11(17)6-13(14)19-9/h6-7,9-10,19H,2-5,8H2,1H3. The minimum atomic E-state index is -1.07. The first kappa shape index (κ1) is 15.7. The second-order valence-electron chi connectivity index (χ2n) is 5.97. The van der Waals surface area contributed by atoms with Gasteiger partial charge < -0.3 is 10.1 Å². The van der Waals surface area contributed by atoms with E-state index in [4.69, 9.17) is 4.74 Å². The molecule has 23 heavy (non-hydrogen) atoms. The number of esters is 1. The maximum Gasteiger partial charge on any atom is 0.326 e. The van der Waals surface area contributed by atoms with Crippen molar-refractivity contribution in [3.05, 3.63) is 23.8 Å². The quantitative estimate of drug-likeness (QED) is 0.868. The third-order valence-electron chi connectivity index (χ3n) is 4.23. The number of nitrogens with one attached hydrogen (secondary N) is 1. The molecule has 0 saturated heterocycles. The zero-order valence-electron chi connectivity index (χ0n) is 12.8. The van der Waals surface area contributed by atoms with E-state index in [2.05, 4.69) is 5.32 Å². The van der Waals surface area contributed by atoms with Crippen molar-refractivity contribution in [2.75, 3.05) is 16.8 Å². The summed E-state index contributed by atoms with van der Waals surface area (Å²) in [6.45, 7) is 1.29. The van der Waals surface area contributed by atoms with Crippen LogP contribution in [-0.2, 0) is 14.3 Å². The topological polar surface area (TPSA) is 58.6 Å². The summed E-state index contributed by atoms with van der Waals surface area (Å²) >= 11 is 0. The minimum Gasteiger partial charge on any atom is -0.461 e. The first-order chi connectivity index (χ1) is 11.0. The second-order valence-corrected chi connectivity index (χ2v) is 5.97. The van der Waals surface area contributed by atoms with Gasteiger partial charge in [-0.15, -0.1) is 0 Å². The highest BCUT2D eigenvalue weighted by molar-refractivity contribution is 6.07. The third kappa shape index (κ3) is 3.13. The van der Waals surface area contributed by atoms with Gasteiger partial charge >= 0.3 is 5.97 Å². The molecule has 0 spiro atoms. The van der Waals surface area contributed by atoms with Gasteiger partial charge in [-0.05, 0) is 32.6 Å². The molecule has 1 fully saturated rings. The van der Waals surface area contributed by atoms with E-state index < -0.39 is 23.6 Å². The lowest BCUT2D eigenvalue weighted by Crippen LogP contribution is -2.48. The molecule has 124 valence electrons. The number of carbonyl (C=O) groups excluding carboxylic acids is 2. The molecule has 1 saturated carbocycles. The van der Waals surface area contributed by atoms with Crippen LogP contribution in [0.1, 0.15) is 32.6 Å². The number of fused-ring (bicyclic) bond motifs is 1. The Hall–Kier alpha value is -2.18. The van der Waals surface area contributed by atoms with Crippen molar-refractivity contribution in [3.8, 4) is 0 Å². The molecule has 1 aromatic rings. The molecule has 1 aromatic carbocycles. The number of nitrogens with zero attached hydrogens (tertiary/aromatic N) is 1. The van der Waals surface area contributed by atoms with Crippen LogP contribution < -0.4 is 10.2 Å². The molecule has 1 N–H and O–H groups in total. The van der Waals surface area contributed by atoms with Gasteiger partial charge in [-0.2, -0.15) is 0 Å². The van der Waals surface area contributed by atoms with E-state index in [0.717, 1.165) is 42.7 Å². The van der Waals surface area contributed by atoms with Crippen molar-refractivity contribution in [1.82, 2.24) is 0 Å². The molecule has 1 aliphatic carbocycles. The predicted molar refractivity (Wildman–Crippen MR) is 80.1 cm³/mol. The molecule has 2 aliphatic rings. The summed E-state index contributed by atoms with van der Waals surface area (Å²) in [7, 11) is 0. The number of benzene rings is 1. The molecule has 0 aromatic heterocycles. The number of ether oxygens (including phenoxy) is 1. The first-order valence-electron chi connectivity index (χ1n) is 7.72. The van der Waals surface area contributed by atoms with Gasteiger partial charge in [-0.3, -0.25) is 14.5 Å². The van der Waals surface area contributed by atoms with Gasteiger partial charge in [0.1, 0.15) is 18.7 Å². The Kier molecular flexibility index (Phi) is 4.19. The maximum absolute atomic E-state index is 13.5. The fourth-order valence-corrected chi connectivity index (χ4v) is 3.04. The number of carbonyl (C=O) groups is 2. The molecule has 1 heterocycles. The van der Waals surface area contributed by atoms with E-state index in [1.54, 1.807) is 6.92 Å². The average Bonchev–Trinajstić information content (AvgIpc) is 2.99. The molecule has 1 aliphatic heterocycles. The van der Waals surface area contributed by atoms with Crippen molar-refractivity contribution in [1.29, 1.82) is 0 Å². The van der Waals surface area contributed by atoms with E-state index in [9.17, 15) is 18.4 Å². The molecule has 0 bridgehead atoms. The average molecular weight is 324 g/mol. The van der Waals surface area contributed by atoms with Crippen LogP contribution >= 0.6 is 0 Å². The Morgan fingerprint density at radius 2 is 1.96 bits per heavy atom. The second kappa shape index (κ2) is 6.14. The Morgan fingerprint density at radius 3 is 2.65 bits per heavy atom. The molecule has 7 heteroatoms.